The summed E-state index contributed by atoms with van der Waals surface area (Å²) in [7, 11) is 0. The molecule has 0 saturated heterocycles. The summed E-state index contributed by atoms with van der Waals surface area (Å²) in [4.78, 5) is 0. The normalized spacial score (nSPS) is 18.6. The molecule has 17 heavy (non-hydrogen) atoms. The van der Waals surface area contributed by atoms with E-state index in [9.17, 15) is 4.39 Å². The predicted octanol–water partition coefficient (Wildman–Crippen LogP) is 3.92. The van der Waals surface area contributed by atoms with Gasteiger partial charge < -0.3 is 5.73 Å². The maximum atomic E-state index is 13.8. The summed E-state index contributed by atoms with van der Waals surface area (Å²) in [5.41, 5.74) is 8.05. The van der Waals surface area contributed by atoms with Gasteiger partial charge in [0, 0.05) is 12.0 Å². The molecule has 1 fully saturated rings. The SMILES string of the molecule is CCc1cc(C2(CN)CCCC2)cc(Br)c1F. The summed E-state index contributed by atoms with van der Waals surface area (Å²) in [6.07, 6.45) is 5.44. The van der Waals surface area contributed by atoms with Crippen molar-refractivity contribution in [1.82, 2.24) is 0 Å². The number of aryl methyl sites for hydroxylation is 1. The van der Waals surface area contributed by atoms with Crippen LogP contribution < -0.4 is 5.73 Å². The lowest BCUT2D eigenvalue weighted by Gasteiger charge is -2.28. The van der Waals surface area contributed by atoms with E-state index in [2.05, 4.69) is 15.9 Å². The fraction of sp³-hybridized carbons (Fsp3) is 0.571. The van der Waals surface area contributed by atoms with E-state index >= 15 is 0 Å². The minimum atomic E-state index is -0.124. The van der Waals surface area contributed by atoms with Crippen molar-refractivity contribution < 1.29 is 4.39 Å². The fourth-order valence-electron chi connectivity index (χ4n) is 2.87. The highest BCUT2D eigenvalue weighted by atomic mass is 79.9. The molecule has 0 heterocycles. The second-order valence-corrected chi connectivity index (χ2v) is 5.83. The number of hydrogen-bond acceptors (Lipinski definition) is 1. The molecule has 1 aromatic carbocycles. The zero-order valence-electron chi connectivity index (χ0n) is 10.2. The third-order valence-electron chi connectivity index (χ3n) is 4.05. The minimum absolute atomic E-state index is 0.0835. The molecule has 0 aromatic heterocycles. The van der Waals surface area contributed by atoms with Crippen LogP contribution in [0.3, 0.4) is 0 Å². The Morgan fingerprint density at radius 3 is 2.53 bits per heavy atom. The molecule has 0 bridgehead atoms. The van der Waals surface area contributed by atoms with Crippen molar-refractivity contribution in [2.45, 2.75) is 44.4 Å². The molecule has 3 heteroatoms. The topological polar surface area (TPSA) is 26.0 Å². The van der Waals surface area contributed by atoms with Crippen molar-refractivity contribution >= 4 is 15.9 Å². The first kappa shape index (κ1) is 13.0. The first-order chi connectivity index (χ1) is 8.13. The molecular weight excluding hydrogens is 281 g/mol. The van der Waals surface area contributed by atoms with Crippen molar-refractivity contribution in [3.8, 4) is 0 Å². The minimum Gasteiger partial charge on any atom is -0.330 e. The van der Waals surface area contributed by atoms with Crippen LogP contribution >= 0.6 is 15.9 Å². The number of hydrogen-bond donors (Lipinski definition) is 1. The molecule has 0 aliphatic heterocycles. The summed E-state index contributed by atoms with van der Waals surface area (Å²) in [5.74, 6) is -0.124. The first-order valence-electron chi connectivity index (χ1n) is 6.31. The van der Waals surface area contributed by atoms with E-state index in [1.54, 1.807) is 0 Å². The molecule has 2 rings (SSSR count). The predicted molar refractivity (Wildman–Crippen MR) is 72.7 cm³/mol. The second-order valence-electron chi connectivity index (χ2n) is 4.98. The molecule has 0 atom stereocenters. The van der Waals surface area contributed by atoms with E-state index in [0.717, 1.165) is 24.8 Å². The van der Waals surface area contributed by atoms with Crippen molar-refractivity contribution in [3.05, 3.63) is 33.5 Å². The standard InChI is InChI=1S/C14H19BrFN/c1-2-10-7-11(8-12(15)13(10)16)14(9-17)5-3-4-6-14/h7-8H,2-6,9,17H2,1H3. The lowest BCUT2D eigenvalue weighted by molar-refractivity contribution is 0.450. The van der Waals surface area contributed by atoms with Crippen molar-refractivity contribution in [1.29, 1.82) is 0 Å². The number of halogens is 2. The highest BCUT2D eigenvalue weighted by molar-refractivity contribution is 9.10. The van der Waals surface area contributed by atoms with Gasteiger partial charge in [-0.1, -0.05) is 25.8 Å². The maximum absolute atomic E-state index is 13.8. The summed E-state index contributed by atoms with van der Waals surface area (Å²) in [6.45, 7) is 2.65. The molecule has 0 amide bonds. The van der Waals surface area contributed by atoms with Crippen molar-refractivity contribution in [3.63, 3.8) is 0 Å². The molecular formula is C14H19BrFN. The molecule has 0 spiro atoms. The Morgan fingerprint density at radius 1 is 1.35 bits per heavy atom. The van der Waals surface area contributed by atoms with Gasteiger partial charge in [-0.25, -0.2) is 4.39 Å². The second kappa shape index (κ2) is 5.07. The van der Waals surface area contributed by atoms with Crippen LogP contribution in [0.2, 0.25) is 0 Å². The van der Waals surface area contributed by atoms with Gasteiger partial charge in [0.15, 0.2) is 0 Å². The van der Waals surface area contributed by atoms with Gasteiger partial charge in [0.2, 0.25) is 0 Å². The third-order valence-corrected chi connectivity index (χ3v) is 4.63. The van der Waals surface area contributed by atoms with E-state index in [-0.39, 0.29) is 11.2 Å². The van der Waals surface area contributed by atoms with E-state index < -0.39 is 0 Å². The van der Waals surface area contributed by atoms with Crippen LogP contribution in [0.25, 0.3) is 0 Å². The first-order valence-corrected chi connectivity index (χ1v) is 7.11. The largest absolute Gasteiger partial charge is 0.330 e. The Morgan fingerprint density at radius 2 is 2.00 bits per heavy atom. The van der Waals surface area contributed by atoms with E-state index in [0.29, 0.717) is 11.0 Å². The van der Waals surface area contributed by atoms with Crippen molar-refractivity contribution in [2.24, 2.45) is 5.73 Å². The van der Waals surface area contributed by atoms with Crippen LogP contribution in [0.15, 0.2) is 16.6 Å². The molecule has 0 unspecified atom stereocenters. The average molecular weight is 300 g/mol. The maximum Gasteiger partial charge on any atom is 0.140 e. The van der Waals surface area contributed by atoms with E-state index in [1.165, 1.54) is 18.4 Å². The van der Waals surface area contributed by atoms with E-state index in [4.69, 9.17) is 5.73 Å². The number of nitrogens with two attached hydrogens (primary N) is 1. The van der Waals surface area contributed by atoms with Gasteiger partial charge in [0.1, 0.15) is 5.82 Å². The molecule has 94 valence electrons. The van der Waals surface area contributed by atoms with Crippen LogP contribution in [-0.2, 0) is 11.8 Å². The van der Waals surface area contributed by atoms with Gasteiger partial charge in [-0.15, -0.1) is 0 Å². The number of benzene rings is 1. The fourth-order valence-corrected chi connectivity index (χ4v) is 3.37. The Labute approximate surface area is 111 Å². The monoisotopic (exact) mass is 299 g/mol. The van der Waals surface area contributed by atoms with Crippen molar-refractivity contribution in [2.75, 3.05) is 6.54 Å². The van der Waals surface area contributed by atoms with Gasteiger partial charge in [0.05, 0.1) is 4.47 Å². The smallest absolute Gasteiger partial charge is 0.140 e. The lowest BCUT2D eigenvalue weighted by Crippen LogP contribution is -2.32. The Hall–Kier alpha value is -0.410. The Balaban J connectivity index is 2.48. The van der Waals surface area contributed by atoms with Gasteiger partial charge in [-0.2, -0.15) is 0 Å². The van der Waals surface area contributed by atoms with Gasteiger partial charge in [0.25, 0.3) is 0 Å². The highest BCUT2D eigenvalue weighted by Gasteiger charge is 2.34. The lowest BCUT2D eigenvalue weighted by atomic mass is 9.78. The van der Waals surface area contributed by atoms with Crippen LogP contribution in [0.4, 0.5) is 4.39 Å². The molecule has 2 N–H and O–H groups in total. The zero-order valence-corrected chi connectivity index (χ0v) is 11.8. The summed E-state index contributed by atoms with van der Waals surface area (Å²) in [5, 5.41) is 0. The average Bonchev–Trinajstić information content (AvgIpc) is 2.82. The molecule has 1 aliphatic rings. The quantitative estimate of drug-likeness (QED) is 0.899. The van der Waals surface area contributed by atoms with Crippen LogP contribution in [0, 0.1) is 5.82 Å². The molecule has 0 radical (unpaired) electrons. The van der Waals surface area contributed by atoms with Crippen LogP contribution in [-0.4, -0.2) is 6.54 Å². The highest BCUT2D eigenvalue weighted by Crippen LogP contribution is 2.41. The third kappa shape index (κ3) is 2.27. The Kier molecular flexibility index (Phi) is 3.88. The summed E-state index contributed by atoms with van der Waals surface area (Å²) < 4.78 is 14.4. The molecule has 1 aromatic rings. The van der Waals surface area contributed by atoms with Crippen LogP contribution in [0.1, 0.15) is 43.7 Å². The number of rotatable bonds is 3. The van der Waals surface area contributed by atoms with E-state index in [1.807, 2.05) is 19.1 Å². The van der Waals surface area contributed by atoms with Gasteiger partial charge in [-0.3, -0.25) is 0 Å². The molecule has 1 saturated carbocycles. The summed E-state index contributed by atoms with van der Waals surface area (Å²) >= 11 is 3.32. The van der Waals surface area contributed by atoms with Crippen LogP contribution in [0.5, 0.6) is 0 Å². The molecule has 1 aliphatic carbocycles. The summed E-state index contributed by atoms with van der Waals surface area (Å²) in [6, 6.07) is 3.94. The molecule has 1 nitrogen and oxygen atoms in total. The Bertz CT molecular complexity index is 411. The van der Waals surface area contributed by atoms with Gasteiger partial charge in [-0.05, 0) is 52.4 Å². The van der Waals surface area contributed by atoms with Gasteiger partial charge >= 0.3 is 0 Å². The zero-order chi connectivity index (χ0) is 12.5.